The number of anilines is 3. The van der Waals surface area contributed by atoms with E-state index in [2.05, 4.69) is 25.6 Å². The summed E-state index contributed by atoms with van der Waals surface area (Å²) >= 11 is 14.2. The van der Waals surface area contributed by atoms with Crippen LogP contribution in [0.4, 0.5) is 21.8 Å². The molecule has 5 rings (SSSR count). The zero-order valence-corrected chi connectivity index (χ0v) is 20.6. The van der Waals surface area contributed by atoms with Crippen LogP contribution in [0.15, 0.2) is 66.9 Å². The molecule has 3 aromatic heterocycles. The number of halogens is 3. The molecule has 0 saturated carbocycles. The van der Waals surface area contributed by atoms with Crippen LogP contribution in [0.25, 0.3) is 10.3 Å². The highest BCUT2D eigenvalue weighted by atomic mass is 35.5. The van der Waals surface area contributed by atoms with Gasteiger partial charge in [-0.25, -0.2) is 14.4 Å². The highest BCUT2D eigenvalue weighted by molar-refractivity contribution is 7.18. The maximum atomic E-state index is 12.9. The summed E-state index contributed by atoms with van der Waals surface area (Å²) in [5.74, 6) is 0.983. The molecule has 3 heterocycles. The first kappa shape index (κ1) is 23.4. The van der Waals surface area contributed by atoms with Crippen LogP contribution in [-0.2, 0) is 19.6 Å². The van der Waals surface area contributed by atoms with Gasteiger partial charge in [-0.05, 0) is 47.5 Å². The Labute approximate surface area is 215 Å². The number of hydrogen-bond acceptors (Lipinski definition) is 7. The second-order valence-corrected chi connectivity index (χ2v) is 9.54. The van der Waals surface area contributed by atoms with Crippen molar-refractivity contribution < 1.29 is 4.39 Å². The lowest BCUT2D eigenvalue weighted by Crippen LogP contribution is -2.06. The number of alkyl halides is 1. The van der Waals surface area contributed by atoms with Gasteiger partial charge in [0.05, 0.1) is 12.2 Å². The largest absolute Gasteiger partial charge is 0.348 e. The Morgan fingerprint density at radius 3 is 2.40 bits per heavy atom. The van der Waals surface area contributed by atoms with E-state index in [0.29, 0.717) is 50.7 Å². The molecule has 0 unspecified atom stereocenters. The van der Waals surface area contributed by atoms with Crippen LogP contribution >= 0.6 is 34.5 Å². The zero-order chi connectivity index (χ0) is 24.2. The van der Waals surface area contributed by atoms with Crippen LogP contribution in [0.1, 0.15) is 21.8 Å². The third kappa shape index (κ3) is 5.51. The first-order chi connectivity index (χ1) is 17.1. The molecule has 35 heavy (non-hydrogen) atoms. The van der Waals surface area contributed by atoms with Gasteiger partial charge >= 0.3 is 0 Å². The number of rotatable bonds is 8. The van der Waals surface area contributed by atoms with Crippen LogP contribution < -0.4 is 10.6 Å². The zero-order valence-electron chi connectivity index (χ0n) is 18.3. The molecule has 0 aliphatic rings. The molecule has 5 aromatic rings. The van der Waals surface area contributed by atoms with Crippen molar-refractivity contribution in [3.63, 3.8) is 0 Å². The first-order valence-corrected chi connectivity index (χ1v) is 12.3. The van der Waals surface area contributed by atoms with E-state index in [9.17, 15) is 4.39 Å². The van der Waals surface area contributed by atoms with Crippen molar-refractivity contribution in [2.24, 2.45) is 0 Å². The molecular formula is C25H19Cl2FN6S. The van der Waals surface area contributed by atoms with Crippen molar-refractivity contribution in [1.29, 1.82) is 0 Å². The Kier molecular flexibility index (Phi) is 7.03. The summed E-state index contributed by atoms with van der Waals surface area (Å²) in [5.41, 5.74) is 3.68. The fraction of sp³-hybridized carbons (Fsp3) is 0.120. The third-order valence-electron chi connectivity index (χ3n) is 5.22. The van der Waals surface area contributed by atoms with Crippen LogP contribution in [0.5, 0.6) is 0 Å². The van der Waals surface area contributed by atoms with Gasteiger partial charge in [-0.1, -0.05) is 58.8 Å². The minimum absolute atomic E-state index is 0.442. The second kappa shape index (κ2) is 10.5. The summed E-state index contributed by atoms with van der Waals surface area (Å²) in [6, 6.07) is 18.2. The van der Waals surface area contributed by atoms with E-state index in [4.69, 9.17) is 28.2 Å². The quantitative estimate of drug-likeness (QED) is 0.223. The topological polar surface area (TPSA) is 75.6 Å². The summed E-state index contributed by atoms with van der Waals surface area (Å²) in [7, 11) is 0. The highest BCUT2D eigenvalue weighted by Gasteiger charge is 2.16. The number of thiazole rings is 1. The van der Waals surface area contributed by atoms with Crippen LogP contribution in [-0.4, -0.2) is 19.9 Å². The van der Waals surface area contributed by atoms with E-state index in [-0.39, 0.29) is 0 Å². The van der Waals surface area contributed by atoms with Crippen molar-refractivity contribution >= 4 is 62.3 Å². The smallest absolute Gasteiger partial charge is 0.226 e. The number of nitrogens with zero attached hydrogens (tertiary/aromatic N) is 4. The normalized spacial score (nSPS) is 11.1. The Hall–Kier alpha value is -3.33. The minimum Gasteiger partial charge on any atom is -0.348 e. The molecule has 6 nitrogen and oxygen atoms in total. The van der Waals surface area contributed by atoms with Gasteiger partial charge in [0.15, 0.2) is 10.6 Å². The molecule has 10 heteroatoms. The molecule has 176 valence electrons. The molecule has 0 fully saturated rings. The van der Waals surface area contributed by atoms with E-state index in [1.54, 1.807) is 30.5 Å². The number of nitrogens with one attached hydrogen (secondary N) is 2. The molecule has 2 N–H and O–H groups in total. The lowest BCUT2D eigenvalue weighted by molar-refractivity contribution is 0.485. The van der Waals surface area contributed by atoms with Crippen molar-refractivity contribution in [2.45, 2.75) is 19.6 Å². The van der Waals surface area contributed by atoms with E-state index in [1.807, 2.05) is 36.4 Å². The van der Waals surface area contributed by atoms with Gasteiger partial charge in [0, 0.05) is 28.4 Å². The number of hydrogen-bond donors (Lipinski definition) is 2. The molecule has 0 atom stereocenters. The molecule has 0 amide bonds. The predicted octanol–water partition coefficient (Wildman–Crippen LogP) is 7.20. The summed E-state index contributed by atoms with van der Waals surface area (Å²) in [4.78, 5) is 19.2. The fourth-order valence-electron chi connectivity index (χ4n) is 3.45. The highest BCUT2D eigenvalue weighted by Crippen LogP contribution is 2.33. The Balaban J connectivity index is 1.50. The van der Waals surface area contributed by atoms with Crippen molar-refractivity contribution in [3.8, 4) is 0 Å². The standard InChI is InChI=1S/C25H19Cl2FN6S/c26-19-5-3-6-20(27)18(19)12-21-32-22-23(31-16-9-7-15(13-28)8-10-16)33-25(34-24(22)35-21)30-14-17-4-1-2-11-29-17/h1-11H,12-14H2,(H2,30,31,33,34). The maximum Gasteiger partial charge on any atom is 0.226 e. The van der Waals surface area contributed by atoms with E-state index in [1.165, 1.54) is 11.3 Å². The van der Waals surface area contributed by atoms with E-state index < -0.39 is 6.67 Å². The monoisotopic (exact) mass is 524 g/mol. The van der Waals surface area contributed by atoms with Gasteiger partial charge in [-0.15, -0.1) is 0 Å². The van der Waals surface area contributed by atoms with Crippen LogP contribution in [0.3, 0.4) is 0 Å². The van der Waals surface area contributed by atoms with E-state index in [0.717, 1.165) is 22.0 Å². The Morgan fingerprint density at radius 1 is 0.886 bits per heavy atom. The summed E-state index contributed by atoms with van der Waals surface area (Å²) in [5, 5.41) is 8.52. The molecule has 0 aliphatic carbocycles. The lowest BCUT2D eigenvalue weighted by Gasteiger charge is -2.10. The third-order valence-corrected chi connectivity index (χ3v) is 6.87. The fourth-order valence-corrected chi connectivity index (χ4v) is 4.92. The van der Waals surface area contributed by atoms with Gasteiger partial charge < -0.3 is 10.6 Å². The molecule has 0 spiro atoms. The molecule has 0 saturated heterocycles. The van der Waals surface area contributed by atoms with Gasteiger partial charge in [0.2, 0.25) is 5.95 Å². The molecular weight excluding hydrogens is 506 g/mol. The van der Waals surface area contributed by atoms with Crippen molar-refractivity contribution in [2.75, 3.05) is 10.6 Å². The van der Waals surface area contributed by atoms with Crippen LogP contribution in [0.2, 0.25) is 10.0 Å². The molecule has 2 aromatic carbocycles. The van der Waals surface area contributed by atoms with Crippen molar-refractivity contribution in [1.82, 2.24) is 19.9 Å². The van der Waals surface area contributed by atoms with Crippen LogP contribution in [0, 0.1) is 0 Å². The molecule has 0 aliphatic heterocycles. The van der Waals surface area contributed by atoms with Gasteiger partial charge in [0.1, 0.15) is 17.2 Å². The SMILES string of the molecule is FCc1ccc(Nc2nc(NCc3ccccn3)nc3sc(Cc4c(Cl)cccc4Cl)nc23)cc1. The minimum atomic E-state index is -0.514. The molecule has 0 radical (unpaired) electrons. The maximum absolute atomic E-state index is 12.9. The number of fused-ring (bicyclic) bond motifs is 1. The summed E-state index contributed by atoms with van der Waals surface area (Å²) in [6.45, 7) is -0.0441. The lowest BCUT2D eigenvalue weighted by atomic mass is 10.1. The number of benzene rings is 2. The summed E-state index contributed by atoms with van der Waals surface area (Å²) < 4.78 is 12.9. The summed E-state index contributed by atoms with van der Waals surface area (Å²) in [6.07, 6.45) is 2.21. The molecule has 0 bridgehead atoms. The van der Waals surface area contributed by atoms with Crippen molar-refractivity contribution in [3.05, 3.63) is 98.7 Å². The van der Waals surface area contributed by atoms with Gasteiger partial charge in [-0.3, -0.25) is 4.98 Å². The Bertz CT molecular complexity index is 1440. The second-order valence-electron chi connectivity index (χ2n) is 7.66. The van der Waals surface area contributed by atoms with E-state index >= 15 is 0 Å². The van der Waals surface area contributed by atoms with Gasteiger partial charge in [0.25, 0.3) is 0 Å². The predicted molar refractivity (Wildman–Crippen MR) is 141 cm³/mol. The Morgan fingerprint density at radius 2 is 1.69 bits per heavy atom. The van der Waals surface area contributed by atoms with Gasteiger partial charge in [-0.2, -0.15) is 4.98 Å². The average molecular weight is 525 g/mol. The number of aromatic nitrogens is 4. The number of pyridine rings is 1. The first-order valence-electron chi connectivity index (χ1n) is 10.7. The average Bonchev–Trinajstić information content (AvgIpc) is 3.29.